The minimum atomic E-state index is -0.732. The van der Waals surface area contributed by atoms with Crippen LogP contribution in [0.15, 0.2) is 0 Å². The van der Waals surface area contributed by atoms with Crippen LogP contribution in [0.3, 0.4) is 0 Å². The highest BCUT2D eigenvalue weighted by molar-refractivity contribution is 5.12. The number of fused-ring (bicyclic) bond motifs is 7. The summed E-state index contributed by atoms with van der Waals surface area (Å²) in [5.41, 5.74) is -1.53. The molecule has 36 heavy (non-hydrogen) atoms. The van der Waals surface area contributed by atoms with Crippen LogP contribution in [0, 0.1) is 5.92 Å². The zero-order valence-electron chi connectivity index (χ0n) is 23.3. The minimum absolute atomic E-state index is 0.0203. The standard InChI is InChI=1S/C29H46O7/c1-17-8-14-28(26(6)12-10-21(33-26)24(2,3)35-28)32-20-16-19(30-23(17)20)18-9-15-29(31-18)27(7)13-11-22(34-27)25(4,5)36-29/h17-23H,8-16H2,1-7H3/t17-,18+,19+,20?,21-,22-,23?,26+,27+,28+,29+/m0/s1. The van der Waals surface area contributed by atoms with E-state index in [1.165, 1.54) is 0 Å². The molecule has 7 fully saturated rings. The van der Waals surface area contributed by atoms with Gasteiger partial charge in [0.25, 0.3) is 0 Å². The Kier molecular flexibility index (Phi) is 5.13. The van der Waals surface area contributed by atoms with E-state index in [9.17, 15) is 0 Å². The van der Waals surface area contributed by atoms with Crippen molar-refractivity contribution in [2.75, 3.05) is 0 Å². The topological polar surface area (TPSA) is 64.6 Å². The van der Waals surface area contributed by atoms with E-state index >= 15 is 0 Å². The molecule has 7 heterocycles. The lowest BCUT2D eigenvalue weighted by Gasteiger charge is -2.54. The van der Waals surface area contributed by atoms with Crippen molar-refractivity contribution in [3.63, 3.8) is 0 Å². The van der Waals surface area contributed by atoms with Crippen LogP contribution in [0.5, 0.6) is 0 Å². The third kappa shape index (κ3) is 3.23. The molecule has 0 aliphatic carbocycles. The molecule has 2 spiro atoms. The number of ether oxygens (including phenoxy) is 7. The lowest BCUT2D eigenvalue weighted by Crippen LogP contribution is -2.65. The third-order valence-corrected chi connectivity index (χ3v) is 11.1. The highest BCUT2D eigenvalue weighted by atomic mass is 16.8. The van der Waals surface area contributed by atoms with Crippen LogP contribution in [0.2, 0.25) is 0 Å². The highest BCUT2D eigenvalue weighted by Gasteiger charge is 2.69. The zero-order valence-corrected chi connectivity index (χ0v) is 23.3. The van der Waals surface area contributed by atoms with Crippen molar-refractivity contribution < 1.29 is 33.2 Å². The average molecular weight is 507 g/mol. The van der Waals surface area contributed by atoms with Gasteiger partial charge in [-0.05, 0) is 86.0 Å². The lowest BCUT2D eigenvalue weighted by atomic mass is 9.86. The van der Waals surface area contributed by atoms with Gasteiger partial charge in [0.15, 0.2) is 11.6 Å². The second-order valence-electron chi connectivity index (χ2n) is 14.4. The minimum Gasteiger partial charge on any atom is -0.369 e. The Hall–Kier alpha value is -0.280. The molecule has 0 saturated carbocycles. The molecule has 4 bridgehead atoms. The first-order valence-corrected chi connectivity index (χ1v) is 14.6. The van der Waals surface area contributed by atoms with Gasteiger partial charge in [-0.25, -0.2) is 0 Å². The Morgan fingerprint density at radius 3 is 1.67 bits per heavy atom. The van der Waals surface area contributed by atoms with Crippen molar-refractivity contribution in [1.82, 2.24) is 0 Å². The molecular formula is C29H46O7. The summed E-state index contributed by atoms with van der Waals surface area (Å²) in [7, 11) is 0. The van der Waals surface area contributed by atoms with Gasteiger partial charge in [0, 0.05) is 19.3 Å². The van der Waals surface area contributed by atoms with Crippen LogP contribution >= 0.6 is 0 Å². The molecule has 7 saturated heterocycles. The Morgan fingerprint density at radius 1 is 0.556 bits per heavy atom. The first-order valence-electron chi connectivity index (χ1n) is 14.6. The highest BCUT2D eigenvalue weighted by Crippen LogP contribution is 2.59. The summed E-state index contributed by atoms with van der Waals surface area (Å²) in [6.07, 6.45) is 8.60. The van der Waals surface area contributed by atoms with Gasteiger partial charge in [0.05, 0.1) is 47.8 Å². The molecule has 7 heteroatoms. The molecule has 0 radical (unpaired) electrons. The fourth-order valence-corrected chi connectivity index (χ4v) is 8.75. The van der Waals surface area contributed by atoms with Crippen molar-refractivity contribution in [1.29, 1.82) is 0 Å². The van der Waals surface area contributed by atoms with Crippen molar-refractivity contribution in [2.24, 2.45) is 5.92 Å². The van der Waals surface area contributed by atoms with Crippen LogP contribution in [-0.2, 0) is 33.2 Å². The molecule has 0 aromatic rings. The average Bonchev–Trinajstić information content (AvgIpc) is 3.54. The van der Waals surface area contributed by atoms with Gasteiger partial charge < -0.3 is 33.2 Å². The van der Waals surface area contributed by atoms with Gasteiger partial charge in [-0.15, -0.1) is 0 Å². The second-order valence-corrected chi connectivity index (χ2v) is 14.4. The summed E-state index contributed by atoms with van der Waals surface area (Å²) in [5.74, 6) is -1.05. The molecule has 7 aliphatic rings. The summed E-state index contributed by atoms with van der Waals surface area (Å²) >= 11 is 0. The van der Waals surface area contributed by atoms with E-state index in [-0.39, 0.29) is 47.8 Å². The monoisotopic (exact) mass is 506 g/mol. The van der Waals surface area contributed by atoms with Crippen LogP contribution in [0.4, 0.5) is 0 Å². The van der Waals surface area contributed by atoms with Crippen LogP contribution in [0.1, 0.15) is 106 Å². The molecule has 7 nitrogen and oxygen atoms in total. The molecule has 11 atom stereocenters. The van der Waals surface area contributed by atoms with Crippen molar-refractivity contribution in [3.8, 4) is 0 Å². The van der Waals surface area contributed by atoms with E-state index in [0.29, 0.717) is 5.92 Å². The van der Waals surface area contributed by atoms with E-state index in [2.05, 4.69) is 48.5 Å². The van der Waals surface area contributed by atoms with Crippen LogP contribution < -0.4 is 0 Å². The van der Waals surface area contributed by atoms with E-state index in [1.54, 1.807) is 0 Å². The lowest BCUT2D eigenvalue weighted by molar-refractivity contribution is -0.411. The fraction of sp³-hybridized carbons (Fsp3) is 1.00. The Balaban J connectivity index is 1.12. The number of hydrogen-bond donors (Lipinski definition) is 0. The SMILES string of the molecule is C[C@H]1CC[C@@]2(OC3C[C@H]([C@H]4CC[C@@]5(O4)OC(C)(C)[C@@H]4CC[C@@]5(C)O4)OC31)OC(C)(C)[C@@H]1CC[C@@]2(C)O1. The van der Waals surface area contributed by atoms with E-state index in [4.69, 9.17) is 33.2 Å². The van der Waals surface area contributed by atoms with Gasteiger partial charge in [-0.1, -0.05) is 6.92 Å². The van der Waals surface area contributed by atoms with E-state index < -0.39 is 22.8 Å². The zero-order chi connectivity index (χ0) is 25.4. The summed E-state index contributed by atoms with van der Waals surface area (Å²) in [4.78, 5) is 0. The Labute approximate surface area is 216 Å². The largest absolute Gasteiger partial charge is 0.369 e. The molecule has 7 aliphatic heterocycles. The fourth-order valence-electron chi connectivity index (χ4n) is 8.75. The normalized spacial score (nSPS) is 58.9. The maximum atomic E-state index is 7.05. The van der Waals surface area contributed by atoms with Gasteiger partial charge in [-0.2, -0.15) is 0 Å². The smallest absolute Gasteiger partial charge is 0.198 e. The molecule has 0 N–H and O–H groups in total. The van der Waals surface area contributed by atoms with Crippen LogP contribution in [-0.4, -0.2) is 70.6 Å². The predicted octanol–water partition coefficient (Wildman–Crippen LogP) is 5.02. The van der Waals surface area contributed by atoms with Gasteiger partial charge in [-0.3, -0.25) is 0 Å². The van der Waals surface area contributed by atoms with Crippen molar-refractivity contribution in [3.05, 3.63) is 0 Å². The van der Waals surface area contributed by atoms with Crippen molar-refractivity contribution >= 4 is 0 Å². The molecule has 0 amide bonds. The quantitative estimate of drug-likeness (QED) is 0.495. The summed E-state index contributed by atoms with van der Waals surface area (Å²) < 4.78 is 47.6. The Morgan fingerprint density at radius 2 is 1.08 bits per heavy atom. The molecule has 0 aromatic carbocycles. The van der Waals surface area contributed by atoms with Gasteiger partial charge >= 0.3 is 0 Å². The molecule has 7 rings (SSSR count). The van der Waals surface area contributed by atoms with E-state index in [0.717, 1.165) is 57.8 Å². The summed E-state index contributed by atoms with van der Waals surface area (Å²) in [6.45, 7) is 15.3. The third-order valence-electron chi connectivity index (χ3n) is 11.1. The predicted molar refractivity (Wildman–Crippen MR) is 131 cm³/mol. The summed E-state index contributed by atoms with van der Waals surface area (Å²) in [5, 5.41) is 0. The maximum absolute atomic E-state index is 7.05. The van der Waals surface area contributed by atoms with Gasteiger partial charge in [0.2, 0.25) is 0 Å². The molecule has 2 unspecified atom stereocenters. The maximum Gasteiger partial charge on any atom is 0.198 e. The molecule has 204 valence electrons. The Bertz CT molecular complexity index is 921. The second kappa shape index (κ2) is 7.47. The first kappa shape index (κ1) is 24.7. The van der Waals surface area contributed by atoms with E-state index in [1.807, 2.05) is 0 Å². The first-order chi connectivity index (χ1) is 16.8. The number of rotatable bonds is 1. The van der Waals surface area contributed by atoms with Crippen LogP contribution in [0.25, 0.3) is 0 Å². The van der Waals surface area contributed by atoms with Gasteiger partial charge in [0.1, 0.15) is 11.2 Å². The molecule has 0 aromatic heterocycles. The van der Waals surface area contributed by atoms with Crippen molar-refractivity contribution in [2.45, 2.75) is 177 Å². The number of hydrogen-bond acceptors (Lipinski definition) is 7. The summed E-state index contributed by atoms with van der Waals surface area (Å²) in [6, 6.07) is 0. The molecular weight excluding hydrogens is 460 g/mol.